The largest absolute Gasteiger partial charge is 0.481 e. The molecule has 0 saturated carbocycles. The number of para-hydroxylation sites is 1. The van der Waals surface area contributed by atoms with Crippen LogP contribution in [0.15, 0.2) is 65.6 Å². The standard InChI is InChI=1S/C30H33N5O4S/c1-3-35-27-14-13-24(20(2)30(27)31-32-35)25(17-29(36)37)22-9-6-8-21(16-22)18-33-19-23-10-7-15-34(23)26-11-4-5-12-28(26)40(33,38)39/h4-6,8-9,11-14,16,23,25H,3,7,10,15,17-19H2,1-2H3,(H,36,37). The molecule has 1 aromatic heterocycles. The molecule has 2 aliphatic heterocycles. The van der Waals surface area contributed by atoms with Crippen molar-refractivity contribution in [2.45, 2.75) is 63.1 Å². The molecule has 0 amide bonds. The van der Waals surface area contributed by atoms with E-state index in [9.17, 15) is 18.3 Å². The van der Waals surface area contributed by atoms with Crippen molar-refractivity contribution >= 4 is 32.7 Å². The number of carboxylic acid groups (broad SMARTS) is 1. The van der Waals surface area contributed by atoms with Crippen LogP contribution in [-0.2, 0) is 27.9 Å². The van der Waals surface area contributed by atoms with Crippen molar-refractivity contribution in [3.63, 3.8) is 0 Å². The summed E-state index contributed by atoms with van der Waals surface area (Å²) in [5, 5.41) is 18.4. The minimum atomic E-state index is -3.72. The number of hydrogen-bond donors (Lipinski definition) is 1. The number of rotatable bonds is 7. The van der Waals surface area contributed by atoms with Crippen LogP contribution < -0.4 is 4.90 Å². The highest BCUT2D eigenvalue weighted by atomic mass is 32.2. The van der Waals surface area contributed by atoms with Crippen molar-refractivity contribution in [1.82, 2.24) is 19.3 Å². The van der Waals surface area contributed by atoms with E-state index >= 15 is 0 Å². The van der Waals surface area contributed by atoms with E-state index in [1.165, 1.54) is 0 Å². The Morgan fingerprint density at radius 1 is 1.12 bits per heavy atom. The fourth-order valence-corrected chi connectivity index (χ4v) is 8.03. The van der Waals surface area contributed by atoms with Crippen LogP contribution in [0.3, 0.4) is 0 Å². The molecule has 0 aliphatic carbocycles. The van der Waals surface area contributed by atoms with Gasteiger partial charge in [-0.05, 0) is 67.1 Å². The summed E-state index contributed by atoms with van der Waals surface area (Å²) in [6, 6.07) is 19.0. The molecule has 0 bridgehead atoms. The Morgan fingerprint density at radius 3 is 2.75 bits per heavy atom. The monoisotopic (exact) mass is 559 g/mol. The smallest absolute Gasteiger partial charge is 0.304 e. The highest BCUT2D eigenvalue weighted by molar-refractivity contribution is 7.89. The van der Waals surface area contributed by atoms with E-state index in [1.807, 2.05) is 67.1 Å². The van der Waals surface area contributed by atoms with Crippen molar-refractivity contribution in [3.05, 3.63) is 82.9 Å². The minimum absolute atomic E-state index is 0.0931. The first kappa shape index (κ1) is 26.5. The molecular weight excluding hydrogens is 526 g/mol. The summed E-state index contributed by atoms with van der Waals surface area (Å²) in [5.41, 5.74) is 5.92. The molecule has 0 radical (unpaired) electrons. The van der Waals surface area contributed by atoms with E-state index in [0.29, 0.717) is 18.0 Å². The number of anilines is 1. The zero-order valence-corrected chi connectivity index (χ0v) is 23.5. The number of aryl methyl sites for hydroxylation is 2. The van der Waals surface area contributed by atoms with Gasteiger partial charge in [0.2, 0.25) is 10.0 Å². The molecule has 4 aromatic rings. The van der Waals surface area contributed by atoms with E-state index < -0.39 is 21.9 Å². The van der Waals surface area contributed by atoms with E-state index in [2.05, 4.69) is 15.2 Å². The van der Waals surface area contributed by atoms with E-state index in [-0.39, 0.29) is 19.0 Å². The molecule has 9 nitrogen and oxygen atoms in total. The van der Waals surface area contributed by atoms with Crippen LogP contribution in [-0.4, -0.2) is 57.9 Å². The average Bonchev–Trinajstić information content (AvgIpc) is 3.57. The molecule has 0 spiro atoms. The lowest BCUT2D eigenvalue weighted by molar-refractivity contribution is -0.137. The SMILES string of the molecule is CCn1nnc2c(C)c(C(CC(=O)O)c3cccc(CN4CC5CCCN5c5ccccc5S4(=O)=O)c3)ccc21. The summed E-state index contributed by atoms with van der Waals surface area (Å²) in [6.45, 7) is 6.15. The maximum Gasteiger partial charge on any atom is 0.304 e. The number of aliphatic carboxylic acids is 1. The summed E-state index contributed by atoms with van der Waals surface area (Å²) in [6.07, 6.45) is 1.89. The van der Waals surface area contributed by atoms with Gasteiger partial charge in [-0.3, -0.25) is 4.79 Å². The second-order valence-electron chi connectivity index (χ2n) is 10.7. The Hall–Kier alpha value is -3.76. The second kappa shape index (κ2) is 10.3. The first-order valence-corrected chi connectivity index (χ1v) is 15.2. The van der Waals surface area contributed by atoms with Crippen LogP contribution in [0.1, 0.15) is 54.4 Å². The van der Waals surface area contributed by atoms with Gasteiger partial charge in [0.15, 0.2) is 0 Å². The first-order chi connectivity index (χ1) is 19.3. The van der Waals surface area contributed by atoms with Crippen molar-refractivity contribution in [3.8, 4) is 0 Å². The second-order valence-corrected chi connectivity index (χ2v) is 12.6. The average molecular weight is 560 g/mol. The van der Waals surface area contributed by atoms with Crippen molar-refractivity contribution in [2.75, 3.05) is 18.0 Å². The lowest BCUT2D eigenvalue weighted by atomic mass is 9.85. The van der Waals surface area contributed by atoms with Gasteiger partial charge in [0.1, 0.15) is 10.4 Å². The lowest BCUT2D eigenvalue weighted by Crippen LogP contribution is -2.39. The van der Waals surface area contributed by atoms with Crippen LogP contribution in [0.4, 0.5) is 5.69 Å². The van der Waals surface area contributed by atoms with Gasteiger partial charge in [-0.1, -0.05) is 47.7 Å². The van der Waals surface area contributed by atoms with Gasteiger partial charge in [-0.2, -0.15) is 4.31 Å². The van der Waals surface area contributed by atoms with Crippen LogP contribution in [0.5, 0.6) is 0 Å². The van der Waals surface area contributed by atoms with E-state index in [1.54, 1.807) is 16.4 Å². The molecule has 1 saturated heterocycles. The third-order valence-electron chi connectivity index (χ3n) is 8.33. The zero-order chi connectivity index (χ0) is 28.0. The molecule has 40 heavy (non-hydrogen) atoms. The first-order valence-electron chi connectivity index (χ1n) is 13.8. The van der Waals surface area contributed by atoms with Crippen LogP contribution in [0, 0.1) is 6.92 Å². The third kappa shape index (κ3) is 4.54. The molecule has 6 rings (SSSR count). The van der Waals surface area contributed by atoms with Gasteiger partial charge in [0.25, 0.3) is 0 Å². The summed E-state index contributed by atoms with van der Waals surface area (Å²) >= 11 is 0. The summed E-state index contributed by atoms with van der Waals surface area (Å²) in [5.74, 6) is -1.32. The topological polar surface area (TPSA) is 109 Å². The Balaban J connectivity index is 1.37. The summed E-state index contributed by atoms with van der Waals surface area (Å²) < 4.78 is 31.1. The molecule has 2 aliphatic rings. The van der Waals surface area contributed by atoms with Crippen molar-refractivity contribution < 1.29 is 18.3 Å². The number of fused-ring (bicyclic) bond motifs is 4. The molecular formula is C30H33N5O4S. The molecule has 208 valence electrons. The molecule has 10 heteroatoms. The molecule has 3 aromatic carbocycles. The fraction of sp³-hybridized carbons (Fsp3) is 0.367. The predicted molar refractivity (Wildman–Crippen MR) is 153 cm³/mol. The van der Waals surface area contributed by atoms with Gasteiger partial charge in [-0.25, -0.2) is 13.1 Å². The van der Waals surface area contributed by atoms with Crippen molar-refractivity contribution in [2.24, 2.45) is 0 Å². The highest BCUT2D eigenvalue weighted by Crippen LogP contribution is 2.38. The third-order valence-corrected chi connectivity index (χ3v) is 10.2. The number of hydrogen-bond acceptors (Lipinski definition) is 6. The number of aromatic nitrogens is 3. The fourth-order valence-electron chi connectivity index (χ4n) is 6.36. The molecule has 1 fully saturated rings. The lowest BCUT2D eigenvalue weighted by Gasteiger charge is -2.26. The maximum atomic E-state index is 13.8. The van der Waals surface area contributed by atoms with Gasteiger partial charge in [0.05, 0.1) is 17.6 Å². The summed E-state index contributed by atoms with van der Waals surface area (Å²) in [7, 11) is -3.72. The van der Waals surface area contributed by atoms with Gasteiger partial charge < -0.3 is 10.0 Å². The van der Waals surface area contributed by atoms with Gasteiger partial charge in [0, 0.05) is 38.1 Å². The van der Waals surface area contributed by atoms with E-state index in [4.69, 9.17) is 0 Å². The maximum absolute atomic E-state index is 13.8. The van der Waals surface area contributed by atoms with Crippen LogP contribution in [0.25, 0.3) is 11.0 Å². The number of carbonyl (C=O) groups is 1. The van der Waals surface area contributed by atoms with Crippen molar-refractivity contribution in [1.29, 1.82) is 0 Å². The Morgan fingerprint density at radius 2 is 1.95 bits per heavy atom. The Labute approximate surface area is 234 Å². The minimum Gasteiger partial charge on any atom is -0.481 e. The quantitative estimate of drug-likeness (QED) is 0.354. The van der Waals surface area contributed by atoms with E-state index in [0.717, 1.165) is 58.4 Å². The molecule has 2 atom stereocenters. The highest BCUT2D eigenvalue weighted by Gasteiger charge is 2.39. The number of nitrogens with zero attached hydrogens (tertiary/aromatic N) is 5. The number of sulfonamides is 1. The molecule has 3 heterocycles. The predicted octanol–water partition coefficient (Wildman–Crippen LogP) is 4.54. The molecule has 2 unspecified atom stereocenters. The zero-order valence-electron chi connectivity index (χ0n) is 22.7. The number of benzene rings is 3. The Bertz CT molecular complexity index is 1700. The van der Waals surface area contributed by atoms with Gasteiger partial charge >= 0.3 is 5.97 Å². The van der Waals surface area contributed by atoms with Crippen LogP contribution in [0.2, 0.25) is 0 Å². The summed E-state index contributed by atoms with van der Waals surface area (Å²) in [4.78, 5) is 14.6. The van der Waals surface area contributed by atoms with Gasteiger partial charge in [-0.15, -0.1) is 5.10 Å². The Kier molecular flexibility index (Phi) is 6.83. The normalized spacial score (nSPS) is 19.2. The molecule has 1 N–H and O–H groups in total. The van der Waals surface area contributed by atoms with Crippen LogP contribution >= 0.6 is 0 Å². The number of carboxylic acids is 1.